The fourth-order valence-corrected chi connectivity index (χ4v) is 4.02. The molecule has 4 rings (SSSR count). The van der Waals surface area contributed by atoms with Gasteiger partial charge in [-0.05, 0) is 76.2 Å². The second-order valence-corrected chi connectivity index (χ2v) is 8.75. The lowest BCUT2D eigenvalue weighted by molar-refractivity contribution is -0.113. The van der Waals surface area contributed by atoms with E-state index in [-0.39, 0.29) is 5.70 Å². The van der Waals surface area contributed by atoms with Crippen LogP contribution in [0.2, 0.25) is 10.0 Å². The molecule has 0 saturated carbocycles. The molecule has 1 saturated heterocycles. The second kappa shape index (κ2) is 9.30. The summed E-state index contributed by atoms with van der Waals surface area (Å²) in [7, 11) is 0. The van der Waals surface area contributed by atoms with Gasteiger partial charge in [-0.2, -0.15) is 0 Å². The number of urea groups is 1. The molecule has 156 valence electrons. The Balaban J connectivity index is 1.54. The van der Waals surface area contributed by atoms with Crippen molar-refractivity contribution in [1.82, 2.24) is 5.32 Å². The molecular weight excluding hydrogens is 550 g/mol. The van der Waals surface area contributed by atoms with E-state index in [1.807, 2.05) is 30.3 Å². The minimum atomic E-state index is -0.517. The molecule has 0 aliphatic carbocycles. The number of benzene rings is 3. The largest absolute Gasteiger partial charge is 0.486 e. The summed E-state index contributed by atoms with van der Waals surface area (Å²) in [6.45, 7) is 0.317. The van der Waals surface area contributed by atoms with Crippen molar-refractivity contribution in [1.29, 1.82) is 0 Å². The lowest BCUT2D eigenvalue weighted by Gasteiger charge is -2.12. The van der Waals surface area contributed by atoms with Crippen molar-refractivity contribution in [2.24, 2.45) is 0 Å². The van der Waals surface area contributed by atoms with Gasteiger partial charge in [0.1, 0.15) is 12.3 Å². The van der Waals surface area contributed by atoms with Gasteiger partial charge in [0.15, 0.2) is 5.75 Å². The van der Waals surface area contributed by atoms with Crippen LogP contribution in [-0.4, -0.2) is 11.9 Å². The van der Waals surface area contributed by atoms with Crippen LogP contribution in [0.15, 0.2) is 72.4 Å². The maximum absolute atomic E-state index is 12.7. The van der Waals surface area contributed by atoms with E-state index in [1.54, 1.807) is 36.4 Å². The lowest BCUT2D eigenvalue weighted by atomic mass is 10.1. The predicted octanol–water partition coefficient (Wildman–Crippen LogP) is 6.27. The molecule has 1 fully saturated rings. The normalized spacial score (nSPS) is 14.8. The number of carbonyl (C=O) groups excluding carboxylic acids is 2. The van der Waals surface area contributed by atoms with Gasteiger partial charge >= 0.3 is 6.03 Å². The van der Waals surface area contributed by atoms with E-state index in [0.29, 0.717) is 33.7 Å². The highest BCUT2D eigenvalue weighted by Crippen LogP contribution is 2.35. The van der Waals surface area contributed by atoms with E-state index in [1.165, 1.54) is 6.08 Å². The van der Waals surface area contributed by atoms with Gasteiger partial charge in [0.05, 0.1) is 15.7 Å². The first-order valence-electron chi connectivity index (χ1n) is 9.21. The molecule has 3 aromatic rings. The van der Waals surface area contributed by atoms with Gasteiger partial charge in [-0.1, -0.05) is 53.5 Å². The Bertz CT molecular complexity index is 1160. The Morgan fingerprint density at radius 3 is 2.26 bits per heavy atom. The molecular formula is C23H15Cl2IN2O3. The van der Waals surface area contributed by atoms with Crippen molar-refractivity contribution in [3.05, 3.63) is 97.2 Å². The highest BCUT2D eigenvalue weighted by Gasteiger charge is 2.34. The topological polar surface area (TPSA) is 58.6 Å². The number of para-hydroxylation sites is 1. The summed E-state index contributed by atoms with van der Waals surface area (Å²) in [6, 6.07) is 19.4. The third-order valence-electron chi connectivity index (χ3n) is 4.52. The van der Waals surface area contributed by atoms with Gasteiger partial charge in [0.25, 0.3) is 5.91 Å². The minimum Gasteiger partial charge on any atom is -0.486 e. The van der Waals surface area contributed by atoms with Crippen LogP contribution >= 0.6 is 45.8 Å². The van der Waals surface area contributed by atoms with Crippen molar-refractivity contribution in [3.8, 4) is 5.75 Å². The zero-order chi connectivity index (χ0) is 22.0. The Morgan fingerprint density at radius 2 is 1.61 bits per heavy atom. The third kappa shape index (κ3) is 4.87. The molecule has 8 heteroatoms. The summed E-state index contributed by atoms with van der Waals surface area (Å²) in [5.74, 6) is -0.0980. The molecule has 1 heterocycles. The molecule has 0 unspecified atom stereocenters. The number of carbonyl (C=O) groups is 2. The molecule has 0 radical (unpaired) electrons. The Hall–Kier alpha value is -2.55. The van der Waals surface area contributed by atoms with Crippen molar-refractivity contribution >= 4 is 69.5 Å². The first-order valence-corrected chi connectivity index (χ1v) is 11.0. The molecule has 5 nitrogen and oxygen atoms in total. The van der Waals surface area contributed by atoms with Crippen molar-refractivity contribution in [3.63, 3.8) is 0 Å². The number of amides is 3. The van der Waals surface area contributed by atoms with Crippen molar-refractivity contribution < 1.29 is 14.3 Å². The SMILES string of the molecule is O=C1N/C(=C/c2cc(Cl)c(OCc3ccc(I)cc3)c(Cl)c2)C(=O)N1c1ccccc1. The van der Waals surface area contributed by atoms with Gasteiger partial charge in [-0.3, -0.25) is 4.79 Å². The number of nitrogens with zero attached hydrogens (tertiary/aromatic N) is 1. The van der Waals surface area contributed by atoms with E-state index in [4.69, 9.17) is 27.9 Å². The smallest absolute Gasteiger partial charge is 0.333 e. The molecule has 0 aromatic heterocycles. The maximum atomic E-state index is 12.7. The zero-order valence-corrected chi connectivity index (χ0v) is 19.6. The summed E-state index contributed by atoms with van der Waals surface area (Å²) in [4.78, 5) is 26.1. The van der Waals surface area contributed by atoms with Crippen LogP contribution in [0.3, 0.4) is 0 Å². The van der Waals surface area contributed by atoms with Crippen LogP contribution in [0.25, 0.3) is 6.08 Å². The van der Waals surface area contributed by atoms with Gasteiger partial charge in [0.2, 0.25) is 0 Å². The fourth-order valence-electron chi connectivity index (χ4n) is 3.05. The Labute approximate surface area is 202 Å². The molecule has 31 heavy (non-hydrogen) atoms. The molecule has 1 aliphatic rings. The molecule has 0 atom stereocenters. The van der Waals surface area contributed by atoms with Gasteiger partial charge in [-0.15, -0.1) is 0 Å². The summed E-state index contributed by atoms with van der Waals surface area (Å²) in [5.41, 5.74) is 2.17. The monoisotopic (exact) mass is 564 g/mol. The van der Waals surface area contributed by atoms with E-state index in [9.17, 15) is 9.59 Å². The average Bonchev–Trinajstić information content (AvgIpc) is 3.02. The summed E-state index contributed by atoms with van der Waals surface area (Å²) < 4.78 is 6.93. The van der Waals surface area contributed by atoms with Gasteiger partial charge < -0.3 is 10.1 Å². The van der Waals surface area contributed by atoms with Crippen molar-refractivity contribution in [2.75, 3.05) is 4.90 Å². The third-order valence-corrected chi connectivity index (χ3v) is 5.80. The highest BCUT2D eigenvalue weighted by atomic mass is 127. The first kappa shape index (κ1) is 21.7. The van der Waals surface area contributed by atoms with Gasteiger partial charge in [-0.25, -0.2) is 9.69 Å². The number of halogens is 3. The minimum absolute atomic E-state index is 0.133. The second-order valence-electron chi connectivity index (χ2n) is 6.69. The first-order chi connectivity index (χ1) is 14.9. The van der Waals surface area contributed by atoms with Gasteiger partial charge in [0, 0.05) is 3.57 Å². The highest BCUT2D eigenvalue weighted by molar-refractivity contribution is 14.1. The molecule has 0 spiro atoms. The number of imide groups is 1. The summed E-state index contributed by atoms with van der Waals surface area (Å²) in [6.07, 6.45) is 1.53. The molecule has 1 aliphatic heterocycles. The standard InChI is InChI=1S/C23H15Cl2IN2O3/c24-18-10-15(11-19(25)21(18)31-13-14-6-8-16(26)9-7-14)12-20-22(29)28(23(30)27-20)17-4-2-1-3-5-17/h1-12H,13H2,(H,27,30)/b20-12+. The van der Waals surface area contributed by atoms with Crippen LogP contribution in [0.5, 0.6) is 5.75 Å². The van der Waals surface area contributed by atoms with E-state index in [0.717, 1.165) is 14.0 Å². The van der Waals surface area contributed by atoms with Crippen LogP contribution in [0, 0.1) is 3.57 Å². The molecule has 0 bridgehead atoms. The Kier molecular flexibility index (Phi) is 6.50. The van der Waals surface area contributed by atoms with Crippen molar-refractivity contribution in [2.45, 2.75) is 6.61 Å². The van der Waals surface area contributed by atoms with E-state index < -0.39 is 11.9 Å². The zero-order valence-electron chi connectivity index (χ0n) is 15.9. The number of nitrogens with one attached hydrogen (secondary N) is 1. The summed E-state index contributed by atoms with van der Waals surface area (Å²) in [5, 5.41) is 3.20. The number of anilines is 1. The number of rotatable bonds is 5. The fraction of sp³-hybridized carbons (Fsp3) is 0.0435. The quantitative estimate of drug-likeness (QED) is 0.225. The van der Waals surface area contributed by atoms with Crippen LogP contribution in [0.1, 0.15) is 11.1 Å². The summed E-state index contributed by atoms with van der Waals surface area (Å²) >= 11 is 15.0. The van der Waals surface area contributed by atoms with Crippen LogP contribution in [0.4, 0.5) is 10.5 Å². The maximum Gasteiger partial charge on any atom is 0.333 e. The average molecular weight is 565 g/mol. The van der Waals surface area contributed by atoms with Crippen LogP contribution < -0.4 is 15.0 Å². The number of ether oxygens (including phenoxy) is 1. The van der Waals surface area contributed by atoms with Crippen LogP contribution in [-0.2, 0) is 11.4 Å². The molecule has 3 aromatic carbocycles. The lowest BCUT2D eigenvalue weighted by Crippen LogP contribution is -2.30. The number of hydrogen-bond acceptors (Lipinski definition) is 3. The number of hydrogen-bond donors (Lipinski definition) is 1. The van der Waals surface area contributed by atoms with E-state index >= 15 is 0 Å². The van der Waals surface area contributed by atoms with E-state index in [2.05, 4.69) is 27.9 Å². The Morgan fingerprint density at radius 1 is 0.968 bits per heavy atom. The molecule has 3 amide bonds. The predicted molar refractivity (Wildman–Crippen MR) is 130 cm³/mol. The molecule has 1 N–H and O–H groups in total.